The number of nitro benzene ring substituents is 1. The molecule has 0 spiro atoms. The number of carboxylic acid groups (broad SMARTS) is 1. The quantitative estimate of drug-likeness (QED) is 0.455. The molecule has 0 bridgehead atoms. The molecule has 9 nitrogen and oxygen atoms in total. The SMILES string of the molecule is CCCC(C)(NC(=O)CCNC(=O)c1ccc([N+](=O)[O-])cc1)C(=O)O. The van der Waals surface area contributed by atoms with Crippen molar-refractivity contribution in [2.45, 2.75) is 38.6 Å². The number of amides is 2. The number of aliphatic carboxylic acids is 1. The van der Waals surface area contributed by atoms with E-state index in [0.29, 0.717) is 12.8 Å². The van der Waals surface area contributed by atoms with E-state index in [2.05, 4.69) is 10.6 Å². The first kappa shape index (κ1) is 20.1. The van der Waals surface area contributed by atoms with Crippen LogP contribution in [0.4, 0.5) is 5.69 Å². The first-order valence-corrected chi connectivity index (χ1v) is 7.76. The van der Waals surface area contributed by atoms with E-state index in [1.807, 2.05) is 6.92 Å². The van der Waals surface area contributed by atoms with Crippen molar-refractivity contribution in [3.8, 4) is 0 Å². The topological polar surface area (TPSA) is 139 Å². The van der Waals surface area contributed by atoms with Gasteiger partial charge in [0, 0.05) is 30.7 Å². The van der Waals surface area contributed by atoms with Crippen LogP contribution in [0.3, 0.4) is 0 Å². The summed E-state index contributed by atoms with van der Waals surface area (Å²) in [6, 6.07) is 5.06. The summed E-state index contributed by atoms with van der Waals surface area (Å²) >= 11 is 0. The average molecular weight is 351 g/mol. The molecule has 9 heteroatoms. The van der Waals surface area contributed by atoms with E-state index >= 15 is 0 Å². The fraction of sp³-hybridized carbons (Fsp3) is 0.438. The van der Waals surface area contributed by atoms with Gasteiger partial charge in [-0.05, 0) is 25.5 Å². The third-order valence-electron chi connectivity index (χ3n) is 3.62. The zero-order valence-corrected chi connectivity index (χ0v) is 14.1. The van der Waals surface area contributed by atoms with E-state index in [1.54, 1.807) is 0 Å². The molecule has 1 rings (SSSR count). The maximum Gasteiger partial charge on any atom is 0.329 e. The Kier molecular flexibility index (Phi) is 7.04. The van der Waals surface area contributed by atoms with Gasteiger partial charge in [0.25, 0.3) is 11.6 Å². The van der Waals surface area contributed by atoms with E-state index in [4.69, 9.17) is 0 Å². The number of benzene rings is 1. The van der Waals surface area contributed by atoms with Crippen molar-refractivity contribution in [3.05, 3.63) is 39.9 Å². The van der Waals surface area contributed by atoms with E-state index in [0.717, 1.165) is 0 Å². The number of nitro groups is 1. The second kappa shape index (κ2) is 8.76. The number of hydrogen-bond acceptors (Lipinski definition) is 5. The minimum atomic E-state index is -1.34. The molecule has 1 aromatic carbocycles. The molecular weight excluding hydrogens is 330 g/mol. The van der Waals surface area contributed by atoms with Crippen LogP contribution < -0.4 is 10.6 Å². The van der Waals surface area contributed by atoms with Crippen molar-refractivity contribution in [2.24, 2.45) is 0 Å². The monoisotopic (exact) mass is 351 g/mol. The molecule has 1 aromatic rings. The fourth-order valence-electron chi connectivity index (χ4n) is 2.22. The van der Waals surface area contributed by atoms with Crippen molar-refractivity contribution in [1.29, 1.82) is 0 Å². The molecule has 2 amide bonds. The third-order valence-corrected chi connectivity index (χ3v) is 3.62. The lowest BCUT2D eigenvalue weighted by Gasteiger charge is -2.25. The number of nitrogens with zero attached hydrogens (tertiary/aromatic N) is 1. The Morgan fingerprint density at radius 3 is 2.32 bits per heavy atom. The largest absolute Gasteiger partial charge is 0.480 e. The van der Waals surface area contributed by atoms with Gasteiger partial charge in [-0.1, -0.05) is 13.3 Å². The minimum absolute atomic E-state index is 0.0173. The Bertz CT molecular complexity index is 658. The summed E-state index contributed by atoms with van der Waals surface area (Å²) in [4.78, 5) is 45.0. The van der Waals surface area contributed by atoms with Gasteiger partial charge in [-0.15, -0.1) is 0 Å². The highest BCUT2D eigenvalue weighted by atomic mass is 16.6. The van der Waals surface area contributed by atoms with Crippen LogP contribution in [0.15, 0.2) is 24.3 Å². The maximum atomic E-state index is 11.9. The summed E-state index contributed by atoms with van der Waals surface area (Å²) in [5, 5.41) is 24.7. The molecule has 0 saturated heterocycles. The molecule has 0 aromatic heterocycles. The summed E-state index contributed by atoms with van der Waals surface area (Å²) < 4.78 is 0. The van der Waals surface area contributed by atoms with Gasteiger partial charge in [0.05, 0.1) is 4.92 Å². The van der Waals surface area contributed by atoms with Gasteiger partial charge < -0.3 is 15.7 Å². The van der Waals surface area contributed by atoms with E-state index in [9.17, 15) is 29.6 Å². The highest BCUT2D eigenvalue weighted by Gasteiger charge is 2.33. The highest BCUT2D eigenvalue weighted by Crippen LogP contribution is 2.13. The van der Waals surface area contributed by atoms with Crippen LogP contribution in [0, 0.1) is 10.1 Å². The van der Waals surface area contributed by atoms with Crippen molar-refractivity contribution < 1.29 is 24.4 Å². The van der Waals surface area contributed by atoms with E-state index in [-0.39, 0.29) is 24.2 Å². The van der Waals surface area contributed by atoms with Crippen molar-refractivity contribution >= 4 is 23.5 Å². The summed E-state index contributed by atoms with van der Waals surface area (Å²) in [5.41, 5.74) is -1.24. The Balaban J connectivity index is 2.50. The smallest absolute Gasteiger partial charge is 0.329 e. The van der Waals surface area contributed by atoms with Crippen LogP contribution in [0.25, 0.3) is 0 Å². The molecule has 0 radical (unpaired) electrons. The molecule has 0 heterocycles. The minimum Gasteiger partial charge on any atom is -0.480 e. The molecule has 1 unspecified atom stereocenters. The van der Waals surface area contributed by atoms with Crippen molar-refractivity contribution in [2.75, 3.05) is 6.54 Å². The van der Waals surface area contributed by atoms with Crippen molar-refractivity contribution in [3.63, 3.8) is 0 Å². The van der Waals surface area contributed by atoms with Crippen LogP contribution in [-0.4, -0.2) is 39.9 Å². The lowest BCUT2D eigenvalue weighted by atomic mass is 9.96. The summed E-state index contributed by atoms with van der Waals surface area (Å²) in [6.45, 7) is 3.27. The molecule has 0 aliphatic rings. The zero-order valence-electron chi connectivity index (χ0n) is 14.1. The van der Waals surface area contributed by atoms with Crippen LogP contribution in [-0.2, 0) is 9.59 Å². The molecule has 136 valence electrons. The molecule has 0 saturated carbocycles. The number of rotatable bonds is 9. The van der Waals surface area contributed by atoms with Crippen molar-refractivity contribution in [1.82, 2.24) is 10.6 Å². The molecule has 25 heavy (non-hydrogen) atoms. The van der Waals surface area contributed by atoms with Gasteiger partial charge in [-0.3, -0.25) is 19.7 Å². The predicted molar refractivity (Wildman–Crippen MR) is 89.1 cm³/mol. The Morgan fingerprint density at radius 2 is 1.84 bits per heavy atom. The van der Waals surface area contributed by atoms with Crippen LogP contribution in [0.1, 0.15) is 43.5 Å². The van der Waals surface area contributed by atoms with Gasteiger partial charge in [0.15, 0.2) is 0 Å². The van der Waals surface area contributed by atoms with Crippen LogP contribution >= 0.6 is 0 Å². The lowest BCUT2D eigenvalue weighted by Crippen LogP contribution is -2.52. The number of nitrogens with one attached hydrogen (secondary N) is 2. The maximum absolute atomic E-state index is 11.9. The van der Waals surface area contributed by atoms with E-state index < -0.39 is 28.2 Å². The molecular formula is C16H21N3O6. The highest BCUT2D eigenvalue weighted by molar-refractivity contribution is 5.94. The second-order valence-electron chi connectivity index (χ2n) is 5.75. The molecule has 3 N–H and O–H groups in total. The van der Waals surface area contributed by atoms with Gasteiger partial charge >= 0.3 is 5.97 Å². The Labute approximate surface area is 144 Å². The van der Waals surface area contributed by atoms with Crippen LogP contribution in [0.5, 0.6) is 0 Å². The number of carbonyl (C=O) groups is 3. The molecule has 0 aliphatic carbocycles. The van der Waals surface area contributed by atoms with Gasteiger partial charge in [0.1, 0.15) is 5.54 Å². The Hall–Kier alpha value is -2.97. The summed E-state index contributed by atoms with van der Waals surface area (Å²) in [5.74, 6) is -2.07. The molecule has 0 fully saturated rings. The van der Waals surface area contributed by atoms with Gasteiger partial charge in [-0.2, -0.15) is 0 Å². The number of carbonyl (C=O) groups excluding carboxylic acids is 2. The number of non-ortho nitro benzene ring substituents is 1. The van der Waals surface area contributed by atoms with Gasteiger partial charge in [0.2, 0.25) is 5.91 Å². The average Bonchev–Trinajstić information content (AvgIpc) is 2.54. The Morgan fingerprint density at radius 1 is 1.24 bits per heavy atom. The molecule has 0 aliphatic heterocycles. The normalized spacial score (nSPS) is 12.7. The first-order valence-electron chi connectivity index (χ1n) is 7.76. The lowest BCUT2D eigenvalue weighted by molar-refractivity contribution is -0.384. The number of hydrogen-bond donors (Lipinski definition) is 3. The summed E-state index contributed by atoms with van der Waals surface area (Å²) in [6.07, 6.45) is 0.814. The second-order valence-corrected chi connectivity index (χ2v) is 5.75. The van der Waals surface area contributed by atoms with Gasteiger partial charge in [-0.25, -0.2) is 4.79 Å². The molecule has 1 atom stereocenters. The third kappa shape index (κ3) is 5.87. The van der Waals surface area contributed by atoms with Crippen LogP contribution in [0.2, 0.25) is 0 Å². The predicted octanol–water partition coefficient (Wildman–Crippen LogP) is 1.47. The zero-order chi connectivity index (χ0) is 19.0. The number of carboxylic acids is 1. The first-order chi connectivity index (χ1) is 11.7. The fourth-order valence-corrected chi connectivity index (χ4v) is 2.22. The summed E-state index contributed by atoms with van der Waals surface area (Å²) in [7, 11) is 0. The van der Waals surface area contributed by atoms with E-state index in [1.165, 1.54) is 31.2 Å². The standard InChI is InChI=1S/C16H21N3O6/c1-3-9-16(2,15(22)23)18-13(20)8-10-17-14(21)11-4-6-12(7-5-11)19(24)25/h4-7H,3,8-10H2,1-2H3,(H,17,21)(H,18,20)(H,22,23).